The average Bonchev–Trinajstić information content (AvgIpc) is 2.69. The minimum Gasteiger partial charge on any atom is -0.456 e. The van der Waals surface area contributed by atoms with Crippen molar-refractivity contribution in [3.63, 3.8) is 0 Å². The highest BCUT2D eigenvalue weighted by Crippen LogP contribution is 2.45. The highest BCUT2D eigenvalue weighted by molar-refractivity contribution is 9.11. The van der Waals surface area contributed by atoms with Gasteiger partial charge in [-0.2, -0.15) is 0 Å². The van der Waals surface area contributed by atoms with Crippen LogP contribution in [0.4, 0.5) is 5.69 Å². The maximum absolute atomic E-state index is 6.30. The summed E-state index contributed by atoms with van der Waals surface area (Å²) in [4.78, 5) is 0. The van der Waals surface area contributed by atoms with E-state index in [1.165, 1.54) is 11.1 Å². The summed E-state index contributed by atoms with van der Waals surface area (Å²) in [5.41, 5.74) is 9.49. The highest BCUT2D eigenvalue weighted by atomic mass is 79.9. The topological polar surface area (TPSA) is 44.5 Å². The highest BCUT2D eigenvalue weighted by Gasteiger charge is 2.18. The molecule has 0 aromatic heterocycles. The molecule has 3 aromatic rings. The molecule has 2 N–H and O–H groups in total. The number of anilines is 1. The van der Waals surface area contributed by atoms with Gasteiger partial charge in [0.15, 0.2) is 0 Å². The van der Waals surface area contributed by atoms with Crippen LogP contribution in [0.25, 0.3) is 0 Å². The number of nitrogen functional groups attached to an aromatic ring is 1. The zero-order valence-corrected chi connectivity index (χ0v) is 22.0. The van der Waals surface area contributed by atoms with Crippen LogP contribution in [0, 0.1) is 0 Å². The van der Waals surface area contributed by atoms with Gasteiger partial charge in [0, 0.05) is 6.07 Å². The van der Waals surface area contributed by atoms with E-state index in [0.717, 1.165) is 11.5 Å². The molecule has 0 saturated carbocycles. The first-order valence-corrected chi connectivity index (χ1v) is 11.8. The van der Waals surface area contributed by atoms with E-state index >= 15 is 0 Å². The number of benzene rings is 3. The molecule has 0 aliphatic carbocycles. The van der Waals surface area contributed by atoms with Crippen LogP contribution in [0.3, 0.4) is 0 Å². The smallest absolute Gasteiger partial charge is 0.147 e. The van der Waals surface area contributed by atoms with Gasteiger partial charge in [-0.05, 0) is 78.1 Å². The first-order chi connectivity index (χ1) is 14.4. The fourth-order valence-electron chi connectivity index (χ4n) is 3.06. The van der Waals surface area contributed by atoms with Crippen LogP contribution in [-0.4, -0.2) is 0 Å². The van der Waals surface area contributed by atoms with Gasteiger partial charge in [-0.1, -0.05) is 65.8 Å². The molecule has 3 aromatic carbocycles. The van der Waals surface area contributed by atoms with Gasteiger partial charge in [-0.15, -0.1) is 0 Å². The number of nitrogens with two attached hydrogens (primary N) is 1. The summed E-state index contributed by atoms with van der Waals surface area (Å²) in [6.07, 6.45) is 0. The lowest BCUT2D eigenvalue weighted by Crippen LogP contribution is -2.10. The van der Waals surface area contributed by atoms with E-state index in [4.69, 9.17) is 15.2 Å². The minimum atomic E-state index is 0.0880. The average molecular weight is 547 g/mol. The summed E-state index contributed by atoms with van der Waals surface area (Å²) in [5.74, 6) is 2.64. The van der Waals surface area contributed by atoms with E-state index in [1.807, 2.05) is 30.3 Å². The van der Waals surface area contributed by atoms with Crippen molar-refractivity contribution in [2.75, 3.05) is 5.73 Å². The van der Waals surface area contributed by atoms with Gasteiger partial charge in [0.05, 0.1) is 14.6 Å². The molecule has 0 spiro atoms. The Labute approximate surface area is 202 Å². The molecule has 3 rings (SSSR count). The first kappa shape index (κ1) is 23.7. The molecule has 164 valence electrons. The molecule has 0 unspecified atom stereocenters. The monoisotopic (exact) mass is 545 g/mol. The van der Waals surface area contributed by atoms with E-state index in [0.29, 0.717) is 26.1 Å². The summed E-state index contributed by atoms with van der Waals surface area (Å²) >= 11 is 7.10. The lowest BCUT2D eigenvalue weighted by molar-refractivity contribution is 0.456. The molecule has 3 nitrogen and oxygen atoms in total. The van der Waals surface area contributed by atoms with Crippen molar-refractivity contribution in [2.45, 2.75) is 52.4 Å². The Morgan fingerprint density at radius 3 is 1.23 bits per heavy atom. The number of ether oxygens (including phenoxy) is 2. The van der Waals surface area contributed by atoms with Gasteiger partial charge in [0.1, 0.15) is 23.0 Å². The fraction of sp³-hybridized carbons (Fsp3) is 0.308. The summed E-state index contributed by atoms with van der Waals surface area (Å²) in [6.45, 7) is 13.1. The zero-order chi connectivity index (χ0) is 23.0. The second kappa shape index (κ2) is 8.87. The number of hydrogen-bond donors (Lipinski definition) is 1. The molecule has 0 aliphatic rings. The Hall–Kier alpha value is -1.98. The van der Waals surface area contributed by atoms with Crippen molar-refractivity contribution >= 4 is 37.5 Å². The van der Waals surface area contributed by atoms with E-state index in [-0.39, 0.29) is 10.8 Å². The number of hydrogen-bond acceptors (Lipinski definition) is 3. The molecule has 0 bridgehead atoms. The number of halogens is 2. The van der Waals surface area contributed by atoms with E-state index in [2.05, 4.69) is 97.7 Å². The van der Waals surface area contributed by atoms with Gasteiger partial charge in [0.2, 0.25) is 0 Å². The molecule has 31 heavy (non-hydrogen) atoms. The van der Waals surface area contributed by atoms with Crippen molar-refractivity contribution < 1.29 is 9.47 Å². The Morgan fingerprint density at radius 1 is 0.613 bits per heavy atom. The molecule has 5 heteroatoms. The second-order valence-electron chi connectivity index (χ2n) is 9.67. The van der Waals surface area contributed by atoms with Crippen molar-refractivity contribution in [1.82, 2.24) is 0 Å². The third-order valence-corrected chi connectivity index (χ3v) is 6.70. The molecule has 0 saturated heterocycles. The molecule has 0 radical (unpaired) electrons. The van der Waals surface area contributed by atoms with Gasteiger partial charge in [0.25, 0.3) is 0 Å². The largest absolute Gasteiger partial charge is 0.456 e. The third-order valence-electron chi connectivity index (χ3n) is 5.06. The summed E-state index contributed by atoms with van der Waals surface area (Å²) in [7, 11) is 0. The Kier molecular flexibility index (Phi) is 6.78. The van der Waals surface area contributed by atoms with Crippen LogP contribution in [0.1, 0.15) is 52.7 Å². The van der Waals surface area contributed by atoms with Crippen LogP contribution >= 0.6 is 31.9 Å². The second-order valence-corrected chi connectivity index (χ2v) is 11.3. The Bertz CT molecular complexity index is 977. The van der Waals surface area contributed by atoms with Crippen LogP contribution in [0.15, 0.2) is 63.5 Å². The summed E-state index contributed by atoms with van der Waals surface area (Å²) in [5, 5.41) is 0. The Balaban J connectivity index is 1.88. The molecule has 0 atom stereocenters. The van der Waals surface area contributed by atoms with Gasteiger partial charge >= 0.3 is 0 Å². The van der Waals surface area contributed by atoms with Crippen molar-refractivity contribution in [1.29, 1.82) is 0 Å². The minimum absolute atomic E-state index is 0.0880. The number of rotatable bonds is 4. The van der Waals surface area contributed by atoms with E-state index in [1.54, 1.807) is 0 Å². The van der Waals surface area contributed by atoms with Crippen LogP contribution in [0.2, 0.25) is 0 Å². The normalized spacial score (nSPS) is 12.0. The summed E-state index contributed by atoms with van der Waals surface area (Å²) < 4.78 is 13.6. The van der Waals surface area contributed by atoms with Crippen LogP contribution < -0.4 is 15.2 Å². The van der Waals surface area contributed by atoms with Gasteiger partial charge in [-0.3, -0.25) is 0 Å². The van der Waals surface area contributed by atoms with E-state index in [9.17, 15) is 0 Å². The quantitative estimate of drug-likeness (QED) is 0.332. The van der Waals surface area contributed by atoms with E-state index < -0.39 is 0 Å². The van der Waals surface area contributed by atoms with Crippen molar-refractivity contribution in [3.05, 3.63) is 74.7 Å². The third kappa shape index (κ3) is 5.64. The molecular formula is C26H29Br2NO2. The van der Waals surface area contributed by atoms with Gasteiger partial charge in [-0.25, -0.2) is 0 Å². The molecule has 0 amide bonds. The van der Waals surface area contributed by atoms with Crippen LogP contribution in [-0.2, 0) is 10.8 Å². The maximum Gasteiger partial charge on any atom is 0.147 e. The predicted octanol–water partition coefficient (Wildman–Crippen LogP) is 8.97. The zero-order valence-electron chi connectivity index (χ0n) is 18.8. The molecule has 0 heterocycles. The standard InChI is InChI=1S/C26H29Br2NO2/c1-25(2,3)16-7-11-18(12-8-16)30-20-15-21(23(28)24(29)22(20)27)31-19-13-9-17(10-14-19)26(4,5)6/h7-15H,29H2,1-6H3. The lowest BCUT2D eigenvalue weighted by atomic mass is 9.87. The summed E-state index contributed by atoms with van der Waals surface area (Å²) in [6, 6.07) is 18.0. The Morgan fingerprint density at radius 2 is 0.935 bits per heavy atom. The van der Waals surface area contributed by atoms with Crippen molar-refractivity contribution in [3.8, 4) is 23.0 Å². The molecule has 0 aliphatic heterocycles. The van der Waals surface area contributed by atoms with Crippen LogP contribution in [0.5, 0.6) is 23.0 Å². The molecular weight excluding hydrogens is 518 g/mol. The first-order valence-electron chi connectivity index (χ1n) is 10.2. The maximum atomic E-state index is 6.30. The SMILES string of the molecule is CC(C)(C)c1ccc(Oc2cc(Oc3ccc(C(C)(C)C)cc3)c(Br)c(N)c2Br)cc1. The predicted molar refractivity (Wildman–Crippen MR) is 137 cm³/mol. The molecule has 0 fully saturated rings. The van der Waals surface area contributed by atoms with Crippen molar-refractivity contribution in [2.24, 2.45) is 0 Å². The van der Waals surface area contributed by atoms with Gasteiger partial charge < -0.3 is 15.2 Å². The lowest BCUT2D eigenvalue weighted by Gasteiger charge is -2.20. The fourth-order valence-corrected chi connectivity index (χ4v) is 4.11.